The number of benzene rings is 2. The van der Waals surface area contributed by atoms with Crippen LogP contribution in [0.2, 0.25) is 5.02 Å². The van der Waals surface area contributed by atoms with Crippen molar-refractivity contribution in [2.75, 3.05) is 27.4 Å². The van der Waals surface area contributed by atoms with Crippen molar-refractivity contribution in [2.45, 2.75) is 30.9 Å². The second kappa shape index (κ2) is 11.5. The lowest BCUT2D eigenvalue weighted by atomic mass is 10.2. The third kappa shape index (κ3) is 6.16. The molecule has 0 spiro atoms. The Morgan fingerprint density at radius 1 is 1.15 bits per heavy atom. The molecule has 1 heterocycles. The zero-order chi connectivity index (χ0) is 24.7. The van der Waals surface area contributed by atoms with Gasteiger partial charge in [-0.25, -0.2) is 13.4 Å². The van der Waals surface area contributed by atoms with E-state index in [1.807, 2.05) is 6.92 Å². The minimum absolute atomic E-state index is 0.0615. The Labute approximate surface area is 205 Å². The lowest BCUT2D eigenvalue weighted by molar-refractivity contribution is 0.0747. The molecule has 182 valence electrons. The number of hydrogen-bond acceptors (Lipinski definition) is 6. The summed E-state index contributed by atoms with van der Waals surface area (Å²) in [4.78, 5) is 18.9. The van der Waals surface area contributed by atoms with Gasteiger partial charge in [-0.15, -0.1) is 0 Å². The van der Waals surface area contributed by atoms with Crippen molar-refractivity contribution in [1.82, 2.24) is 14.5 Å². The number of methoxy groups -OCH3 is 2. The number of carbonyl (C=O) groups excluding carboxylic acids is 1. The van der Waals surface area contributed by atoms with Gasteiger partial charge in [-0.1, -0.05) is 29.8 Å². The van der Waals surface area contributed by atoms with Crippen LogP contribution >= 0.6 is 11.6 Å². The highest BCUT2D eigenvalue weighted by molar-refractivity contribution is 7.90. The molecule has 34 heavy (non-hydrogen) atoms. The Kier molecular flexibility index (Phi) is 8.71. The summed E-state index contributed by atoms with van der Waals surface area (Å²) in [6, 6.07) is 13.6. The van der Waals surface area contributed by atoms with Crippen molar-refractivity contribution < 1.29 is 22.7 Å². The van der Waals surface area contributed by atoms with Crippen LogP contribution in [0.25, 0.3) is 0 Å². The van der Waals surface area contributed by atoms with Crippen molar-refractivity contribution in [3.63, 3.8) is 0 Å². The van der Waals surface area contributed by atoms with E-state index in [1.54, 1.807) is 65.1 Å². The van der Waals surface area contributed by atoms with Crippen molar-refractivity contribution >= 4 is 27.3 Å². The van der Waals surface area contributed by atoms with E-state index in [1.165, 1.54) is 13.3 Å². The molecule has 0 fully saturated rings. The molecule has 0 atom stereocenters. The normalized spacial score (nSPS) is 11.4. The third-order valence-electron chi connectivity index (χ3n) is 5.28. The van der Waals surface area contributed by atoms with Crippen molar-refractivity contribution in [3.05, 3.63) is 76.6 Å². The van der Waals surface area contributed by atoms with Gasteiger partial charge >= 0.3 is 0 Å². The molecule has 0 aliphatic carbocycles. The number of amides is 1. The van der Waals surface area contributed by atoms with E-state index >= 15 is 0 Å². The predicted molar refractivity (Wildman–Crippen MR) is 130 cm³/mol. The number of aromatic nitrogens is 2. The summed E-state index contributed by atoms with van der Waals surface area (Å²) < 4.78 is 38.6. The van der Waals surface area contributed by atoms with E-state index in [-0.39, 0.29) is 29.9 Å². The molecular formula is C24H28ClN3O5S. The lowest BCUT2D eigenvalue weighted by Crippen LogP contribution is -2.31. The van der Waals surface area contributed by atoms with Crippen LogP contribution in [0.3, 0.4) is 0 Å². The van der Waals surface area contributed by atoms with Crippen LogP contribution in [-0.2, 0) is 33.4 Å². The van der Waals surface area contributed by atoms with Crippen molar-refractivity contribution in [2.24, 2.45) is 0 Å². The van der Waals surface area contributed by atoms with Gasteiger partial charge in [0.25, 0.3) is 5.91 Å². The molecular weight excluding hydrogens is 478 g/mol. The van der Waals surface area contributed by atoms with Crippen LogP contribution in [0.4, 0.5) is 0 Å². The number of carbonyl (C=O) groups is 1. The van der Waals surface area contributed by atoms with E-state index in [9.17, 15) is 13.2 Å². The molecule has 0 saturated carbocycles. The lowest BCUT2D eigenvalue weighted by Gasteiger charge is -2.22. The van der Waals surface area contributed by atoms with E-state index < -0.39 is 9.84 Å². The van der Waals surface area contributed by atoms with Crippen molar-refractivity contribution in [1.29, 1.82) is 0 Å². The van der Waals surface area contributed by atoms with E-state index in [0.717, 1.165) is 0 Å². The molecule has 0 aliphatic rings. The molecule has 0 unspecified atom stereocenters. The predicted octanol–water partition coefficient (Wildman–Crippen LogP) is 3.83. The van der Waals surface area contributed by atoms with Gasteiger partial charge < -0.3 is 18.9 Å². The summed E-state index contributed by atoms with van der Waals surface area (Å²) in [5.41, 5.74) is 1.65. The zero-order valence-electron chi connectivity index (χ0n) is 19.4. The van der Waals surface area contributed by atoms with Gasteiger partial charge in [0.05, 0.1) is 37.9 Å². The summed E-state index contributed by atoms with van der Waals surface area (Å²) in [5, 5.41) is 0.409. The highest BCUT2D eigenvalue weighted by Gasteiger charge is 2.26. The standard InChI is InChI=1S/C24H28ClN3O5S/c1-4-27(23(29)19-8-6-9-20(25)14-19)16-21-15-26-24(28(21)11-12-32-2)34(30,31)17-18-7-5-10-22(13-18)33-3/h5-10,13-15H,4,11-12,16-17H2,1-3H3. The topological polar surface area (TPSA) is 90.7 Å². The maximum absolute atomic E-state index is 13.3. The van der Waals surface area contributed by atoms with Gasteiger partial charge in [0, 0.05) is 30.8 Å². The smallest absolute Gasteiger partial charge is 0.254 e. The van der Waals surface area contributed by atoms with Gasteiger partial charge in [0.2, 0.25) is 15.0 Å². The second-order valence-electron chi connectivity index (χ2n) is 7.62. The Hall–Kier alpha value is -2.88. The molecule has 0 saturated heterocycles. The number of ether oxygens (including phenoxy) is 2. The third-order valence-corrected chi connectivity index (χ3v) is 7.11. The minimum atomic E-state index is -3.78. The van der Waals surface area contributed by atoms with E-state index in [4.69, 9.17) is 21.1 Å². The molecule has 0 aliphatic heterocycles. The first-order valence-electron chi connectivity index (χ1n) is 10.7. The first-order valence-corrected chi connectivity index (χ1v) is 12.8. The average Bonchev–Trinajstić information content (AvgIpc) is 3.23. The first kappa shape index (κ1) is 25.7. The number of halogens is 1. The van der Waals surface area contributed by atoms with Crippen molar-refractivity contribution in [3.8, 4) is 5.75 Å². The maximum atomic E-state index is 13.3. The molecule has 1 aromatic heterocycles. The van der Waals surface area contributed by atoms with Gasteiger partial charge in [-0.05, 0) is 42.8 Å². The highest BCUT2D eigenvalue weighted by atomic mass is 35.5. The Morgan fingerprint density at radius 3 is 2.59 bits per heavy atom. The van der Waals surface area contributed by atoms with Gasteiger partial charge in [-0.2, -0.15) is 0 Å². The molecule has 3 rings (SSSR count). The minimum Gasteiger partial charge on any atom is -0.497 e. The molecule has 0 radical (unpaired) electrons. The van der Waals surface area contributed by atoms with Gasteiger partial charge in [-0.3, -0.25) is 4.79 Å². The van der Waals surface area contributed by atoms with Crippen LogP contribution in [0.5, 0.6) is 5.75 Å². The summed E-state index contributed by atoms with van der Waals surface area (Å²) in [6.07, 6.45) is 1.50. The largest absolute Gasteiger partial charge is 0.497 e. The summed E-state index contributed by atoms with van der Waals surface area (Å²) in [7, 11) is -0.706. The second-order valence-corrected chi connectivity index (χ2v) is 9.94. The van der Waals surface area contributed by atoms with Gasteiger partial charge in [0.1, 0.15) is 5.75 Å². The molecule has 0 bridgehead atoms. The van der Waals surface area contributed by atoms with Crippen LogP contribution in [0.1, 0.15) is 28.5 Å². The molecule has 1 amide bonds. The molecule has 10 heteroatoms. The Morgan fingerprint density at radius 2 is 1.91 bits per heavy atom. The van der Waals surface area contributed by atoms with E-state index in [2.05, 4.69) is 4.98 Å². The Balaban J connectivity index is 1.91. The van der Waals surface area contributed by atoms with Crippen LogP contribution in [0, 0.1) is 0 Å². The summed E-state index contributed by atoms with van der Waals surface area (Å²) in [6.45, 7) is 3.04. The summed E-state index contributed by atoms with van der Waals surface area (Å²) in [5.74, 6) is 0.145. The average molecular weight is 506 g/mol. The quantitative estimate of drug-likeness (QED) is 0.393. The Bertz CT molecular complexity index is 1240. The highest BCUT2D eigenvalue weighted by Crippen LogP contribution is 2.22. The molecule has 8 nitrogen and oxygen atoms in total. The first-order chi connectivity index (χ1) is 16.3. The fourth-order valence-electron chi connectivity index (χ4n) is 3.56. The number of hydrogen-bond donors (Lipinski definition) is 0. The number of rotatable bonds is 11. The van der Waals surface area contributed by atoms with E-state index in [0.29, 0.717) is 40.7 Å². The van der Waals surface area contributed by atoms with Gasteiger partial charge in [0.15, 0.2) is 0 Å². The number of imidazole rings is 1. The molecule has 0 N–H and O–H groups in total. The molecule has 3 aromatic rings. The van der Waals surface area contributed by atoms with Crippen LogP contribution in [-0.4, -0.2) is 56.1 Å². The molecule has 2 aromatic carbocycles. The monoisotopic (exact) mass is 505 g/mol. The van der Waals surface area contributed by atoms with Crippen LogP contribution in [0.15, 0.2) is 59.9 Å². The fourth-order valence-corrected chi connectivity index (χ4v) is 5.26. The zero-order valence-corrected chi connectivity index (χ0v) is 21.0. The van der Waals surface area contributed by atoms with Crippen LogP contribution < -0.4 is 4.74 Å². The maximum Gasteiger partial charge on any atom is 0.254 e. The fraction of sp³-hybridized carbons (Fsp3) is 0.333. The summed E-state index contributed by atoms with van der Waals surface area (Å²) >= 11 is 6.05. The number of sulfone groups is 1. The number of nitrogens with zero attached hydrogens (tertiary/aromatic N) is 3. The SMILES string of the molecule is CCN(Cc1cnc(S(=O)(=O)Cc2cccc(OC)c2)n1CCOC)C(=O)c1cccc(Cl)c1.